The number of nitrogens with one attached hydrogen (secondary N) is 1. The molecule has 1 fully saturated rings. The Bertz CT molecular complexity index is 1130. The first-order valence-electron chi connectivity index (χ1n) is 10.0. The van der Waals surface area contributed by atoms with Gasteiger partial charge in [-0.25, -0.2) is 4.39 Å². The number of halogens is 2. The summed E-state index contributed by atoms with van der Waals surface area (Å²) in [4.78, 5) is 27.5. The summed E-state index contributed by atoms with van der Waals surface area (Å²) < 4.78 is 16.2. The van der Waals surface area contributed by atoms with Gasteiger partial charge in [-0.3, -0.25) is 14.5 Å². The standard InChI is InChI=1S/C23H23ClFN3O2/c1-27-19-10-3-2-7-15(19)16(13-21(27)29)23(30)26-14-20(28-11-4-5-12-28)22-17(24)8-6-9-18(22)25/h2-3,6-10,13,20H,4-5,11-12,14H2,1H3,(H,26,30). The lowest BCUT2D eigenvalue weighted by molar-refractivity contribution is 0.0938. The van der Waals surface area contributed by atoms with Crippen LogP contribution in [0.2, 0.25) is 5.02 Å². The van der Waals surface area contributed by atoms with E-state index < -0.39 is 0 Å². The van der Waals surface area contributed by atoms with Crippen LogP contribution in [0.15, 0.2) is 53.3 Å². The van der Waals surface area contributed by atoms with E-state index in [0.29, 0.717) is 27.1 Å². The Labute approximate surface area is 179 Å². The Balaban J connectivity index is 1.65. The number of fused-ring (bicyclic) bond motifs is 1. The second-order valence-electron chi connectivity index (χ2n) is 7.58. The van der Waals surface area contributed by atoms with E-state index in [0.717, 1.165) is 25.9 Å². The second kappa shape index (κ2) is 8.58. The minimum absolute atomic E-state index is 0.197. The predicted octanol–water partition coefficient (Wildman–Crippen LogP) is 3.90. The summed E-state index contributed by atoms with van der Waals surface area (Å²) in [6.07, 6.45) is 2.05. The van der Waals surface area contributed by atoms with Crippen LogP contribution in [0.25, 0.3) is 10.9 Å². The van der Waals surface area contributed by atoms with Crippen molar-refractivity contribution in [2.24, 2.45) is 7.05 Å². The summed E-state index contributed by atoms with van der Waals surface area (Å²) in [5.41, 5.74) is 1.14. The largest absolute Gasteiger partial charge is 0.350 e. The first kappa shape index (κ1) is 20.6. The van der Waals surface area contributed by atoms with Gasteiger partial charge >= 0.3 is 0 Å². The number of likely N-dealkylation sites (tertiary alicyclic amines) is 1. The number of hydrogen-bond donors (Lipinski definition) is 1. The van der Waals surface area contributed by atoms with Crippen molar-refractivity contribution in [3.8, 4) is 0 Å². The van der Waals surface area contributed by atoms with E-state index >= 15 is 0 Å². The number of carbonyl (C=O) groups excluding carboxylic acids is 1. The van der Waals surface area contributed by atoms with Crippen LogP contribution in [0.3, 0.4) is 0 Å². The van der Waals surface area contributed by atoms with Gasteiger partial charge in [-0.2, -0.15) is 0 Å². The smallest absolute Gasteiger partial charge is 0.252 e. The Morgan fingerprint density at radius 2 is 1.90 bits per heavy atom. The van der Waals surface area contributed by atoms with Gasteiger partial charge in [0.15, 0.2) is 0 Å². The molecular formula is C23H23ClFN3O2. The zero-order valence-electron chi connectivity index (χ0n) is 16.7. The minimum Gasteiger partial charge on any atom is -0.350 e. The van der Waals surface area contributed by atoms with E-state index in [1.807, 2.05) is 18.2 Å². The van der Waals surface area contributed by atoms with Crippen LogP contribution in [0.1, 0.15) is 34.8 Å². The second-order valence-corrected chi connectivity index (χ2v) is 7.98. The fraction of sp³-hybridized carbons (Fsp3) is 0.304. The average molecular weight is 428 g/mol. The number of rotatable bonds is 5. The number of hydrogen-bond acceptors (Lipinski definition) is 3. The van der Waals surface area contributed by atoms with Crippen LogP contribution in [-0.4, -0.2) is 35.0 Å². The number of aromatic nitrogens is 1. The molecule has 0 aliphatic carbocycles. The number of nitrogens with zero attached hydrogens (tertiary/aromatic N) is 2. The molecule has 2 heterocycles. The summed E-state index contributed by atoms with van der Waals surface area (Å²) in [5, 5.41) is 3.95. The lowest BCUT2D eigenvalue weighted by Crippen LogP contribution is -2.38. The fourth-order valence-corrected chi connectivity index (χ4v) is 4.47. The summed E-state index contributed by atoms with van der Waals surface area (Å²) in [5.74, 6) is -0.742. The predicted molar refractivity (Wildman–Crippen MR) is 116 cm³/mol. The van der Waals surface area contributed by atoms with E-state index in [1.165, 1.54) is 16.7 Å². The molecule has 1 saturated heterocycles. The first-order chi connectivity index (χ1) is 14.5. The normalized spacial score (nSPS) is 15.4. The van der Waals surface area contributed by atoms with Crippen molar-refractivity contribution >= 4 is 28.4 Å². The van der Waals surface area contributed by atoms with Crippen LogP contribution in [0.4, 0.5) is 4.39 Å². The van der Waals surface area contributed by atoms with Gasteiger partial charge in [0.05, 0.1) is 17.1 Å². The number of amides is 1. The van der Waals surface area contributed by atoms with E-state index in [-0.39, 0.29) is 29.9 Å². The summed E-state index contributed by atoms with van der Waals surface area (Å²) in [7, 11) is 1.68. The van der Waals surface area contributed by atoms with Crippen LogP contribution in [0, 0.1) is 5.82 Å². The van der Waals surface area contributed by atoms with Gasteiger partial charge < -0.3 is 9.88 Å². The number of benzene rings is 2. The molecule has 0 saturated carbocycles. The van der Waals surface area contributed by atoms with Crippen LogP contribution >= 0.6 is 11.6 Å². The highest BCUT2D eigenvalue weighted by atomic mass is 35.5. The molecule has 156 valence electrons. The van der Waals surface area contributed by atoms with Crippen LogP contribution in [-0.2, 0) is 7.05 Å². The van der Waals surface area contributed by atoms with E-state index in [1.54, 1.807) is 25.2 Å². The quantitative estimate of drug-likeness (QED) is 0.672. The monoisotopic (exact) mass is 427 g/mol. The molecule has 7 heteroatoms. The summed E-state index contributed by atoms with van der Waals surface area (Å²) >= 11 is 6.33. The number of carbonyl (C=O) groups is 1. The van der Waals surface area contributed by atoms with Crippen molar-refractivity contribution in [3.63, 3.8) is 0 Å². The lowest BCUT2D eigenvalue weighted by atomic mass is 10.0. The van der Waals surface area contributed by atoms with Gasteiger partial charge in [0.1, 0.15) is 5.82 Å². The number of pyridine rings is 1. The maximum Gasteiger partial charge on any atom is 0.252 e. The molecule has 1 N–H and O–H groups in total. The molecule has 30 heavy (non-hydrogen) atoms. The van der Waals surface area contributed by atoms with Gasteiger partial charge in [0.2, 0.25) is 0 Å². The molecule has 0 bridgehead atoms. The van der Waals surface area contributed by atoms with Gasteiger partial charge in [0.25, 0.3) is 11.5 Å². The molecule has 3 aromatic rings. The summed E-state index contributed by atoms with van der Waals surface area (Å²) in [6, 6.07) is 12.9. The Kier molecular flexibility index (Phi) is 5.88. The van der Waals surface area contributed by atoms with Crippen molar-refractivity contribution in [1.82, 2.24) is 14.8 Å². The molecule has 2 aromatic carbocycles. The Hall–Kier alpha value is -2.70. The number of aryl methyl sites for hydroxylation is 1. The number of para-hydroxylation sites is 1. The molecule has 1 aromatic heterocycles. The highest BCUT2D eigenvalue weighted by Gasteiger charge is 2.28. The zero-order chi connectivity index (χ0) is 21.3. The molecule has 5 nitrogen and oxygen atoms in total. The van der Waals surface area contributed by atoms with Gasteiger partial charge in [-0.15, -0.1) is 0 Å². The first-order valence-corrected chi connectivity index (χ1v) is 10.4. The Morgan fingerprint density at radius 3 is 2.63 bits per heavy atom. The average Bonchev–Trinajstić information content (AvgIpc) is 3.27. The third-order valence-electron chi connectivity index (χ3n) is 5.77. The SMILES string of the molecule is Cn1c(=O)cc(C(=O)NCC(c2c(F)cccc2Cl)N2CCCC2)c2ccccc21. The molecule has 0 spiro atoms. The van der Waals surface area contributed by atoms with E-state index in [2.05, 4.69) is 10.2 Å². The molecule has 1 aliphatic heterocycles. The highest BCUT2D eigenvalue weighted by Crippen LogP contribution is 2.32. The van der Waals surface area contributed by atoms with Crippen LogP contribution in [0.5, 0.6) is 0 Å². The molecule has 1 amide bonds. The lowest BCUT2D eigenvalue weighted by Gasteiger charge is -2.29. The van der Waals surface area contributed by atoms with E-state index in [9.17, 15) is 14.0 Å². The van der Waals surface area contributed by atoms with Crippen molar-refractivity contribution in [3.05, 3.63) is 80.9 Å². The molecule has 0 radical (unpaired) electrons. The van der Waals surface area contributed by atoms with Gasteiger partial charge in [0, 0.05) is 35.6 Å². The maximum atomic E-state index is 14.6. The van der Waals surface area contributed by atoms with Crippen molar-refractivity contribution < 1.29 is 9.18 Å². The van der Waals surface area contributed by atoms with Gasteiger partial charge in [-0.1, -0.05) is 35.9 Å². The molecule has 1 aliphatic rings. The zero-order valence-corrected chi connectivity index (χ0v) is 17.5. The van der Waals surface area contributed by atoms with Crippen molar-refractivity contribution in [2.45, 2.75) is 18.9 Å². The van der Waals surface area contributed by atoms with Gasteiger partial charge in [-0.05, 0) is 44.1 Å². The third-order valence-corrected chi connectivity index (χ3v) is 6.10. The highest BCUT2D eigenvalue weighted by molar-refractivity contribution is 6.31. The molecule has 1 unspecified atom stereocenters. The van der Waals surface area contributed by atoms with Crippen LogP contribution < -0.4 is 10.9 Å². The van der Waals surface area contributed by atoms with Crippen molar-refractivity contribution in [2.75, 3.05) is 19.6 Å². The maximum absolute atomic E-state index is 14.6. The summed E-state index contributed by atoms with van der Waals surface area (Å²) in [6.45, 7) is 1.84. The molecular weight excluding hydrogens is 405 g/mol. The van der Waals surface area contributed by atoms with Crippen molar-refractivity contribution in [1.29, 1.82) is 0 Å². The third kappa shape index (κ3) is 3.85. The molecule has 1 atom stereocenters. The van der Waals surface area contributed by atoms with E-state index in [4.69, 9.17) is 11.6 Å². The fourth-order valence-electron chi connectivity index (χ4n) is 4.18. The Morgan fingerprint density at radius 1 is 1.17 bits per heavy atom. The molecule has 4 rings (SSSR count). The topological polar surface area (TPSA) is 54.3 Å². The minimum atomic E-state index is -0.382.